The molecule has 4 aromatic rings. The van der Waals surface area contributed by atoms with Crippen molar-refractivity contribution in [3.05, 3.63) is 88.6 Å². The van der Waals surface area contributed by atoms with Gasteiger partial charge in [0, 0.05) is 23.7 Å². The van der Waals surface area contributed by atoms with Crippen LogP contribution >= 0.6 is 18.9 Å². The summed E-state index contributed by atoms with van der Waals surface area (Å²) in [6.45, 7) is 8.41. The average Bonchev–Trinajstić information content (AvgIpc) is 3.48. The number of nitrogens with one attached hydrogen (secondary N) is 1. The second-order valence-corrected chi connectivity index (χ2v) is 10.9. The topological polar surface area (TPSA) is 93.5 Å². The van der Waals surface area contributed by atoms with Gasteiger partial charge in [0.2, 0.25) is 0 Å². The summed E-state index contributed by atoms with van der Waals surface area (Å²) in [4.78, 5) is 12.7. The van der Waals surface area contributed by atoms with Crippen molar-refractivity contribution < 1.29 is 19.0 Å². The van der Waals surface area contributed by atoms with Crippen LogP contribution in [0.3, 0.4) is 0 Å². The molecule has 4 rings (SSSR count). The molecule has 0 aliphatic rings. The number of aromatic nitrogens is 2. The van der Waals surface area contributed by atoms with Crippen LogP contribution in [0, 0.1) is 13.8 Å². The van der Waals surface area contributed by atoms with Gasteiger partial charge in [-0.25, -0.2) is 4.79 Å². The first kappa shape index (κ1) is 26.4. The van der Waals surface area contributed by atoms with Crippen LogP contribution in [-0.2, 0) is 15.6 Å². The van der Waals surface area contributed by atoms with E-state index in [9.17, 15) is 14.5 Å². The lowest BCUT2D eigenvalue weighted by molar-refractivity contribution is 0.0703. The van der Waals surface area contributed by atoms with Crippen molar-refractivity contribution in [3.8, 4) is 10.4 Å². The van der Waals surface area contributed by atoms with Gasteiger partial charge in [0.05, 0.1) is 23.7 Å². The third-order valence-electron chi connectivity index (χ3n) is 5.23. The molecule has 1 unspecified atom stereocenters. The van der Waals surface area contributed by atoms with Gasteiger partial charge in [0.15, 0.2) is 0 Å². The molecular weight excluding hydrogens is 481 g/mol. The zero-order valence-electron chi connectivity index (χ0n) is 20.5. The van der Waals surface area contributed by atoms with E-state index < -0.39 is 13.5 Å². The van der Waals surface area contributed by atoms with Crippen molar-refractivity contribution in [3.63, 3.8) is 0 Å². The molecule has 2 aromatic heterocycles. The zero-order valence-corrected chi connectivity index (χ0v) is 22.2. The summed E-state index contributed by atoms with van der Waals surface area (Å²) in [5, 5.41) is 17.6. The van der Waals surface area contributed by atoms with E-state index in [0.717, 1.165) is 33.6 Å². The van der Waals surface area contributed by atoms with Gasteiger partial charge in [0.25, 0.3) is 0 Å². The number of carboxylic acid groups (broad SMARTS) is 1. The molecular formula is C26H30N3O4PS. The van der Waals surface area contributed by atoms with Crippen LogP contribution in [0.2, 0.25) is 0 Å². The van der Waals surface area contributed by atoms with E-state index in [0.29, 0.717) is 16.7 Å². The number of hydrogen-bond donors (Lipinski definition) is 2. The number of nitrogens with zero attached hydrogens (tertiary/aromatic N) is 2. The summed E-state index contributed by atoms with van der Waals surface area (Å²) in [5.41, 5.74) is 3.99. The number of anilines is 1. The maximum absolute atomic E-state index is 13.7. The summed E-state index contributed by atoms with van der Waals surface area (Å²) < 4.78 is 20.9. The molecule has 7 nitrogen and oxygen atoms in total. The van der Waals surface area contributed by atoms with Crippen molar-refractivity contribution in [2.75, 3.05) is 12.2 Å². The van der Waals surface area contributed by atoms with E-state index >= 15 is 0 Å². The Kier molecular flexibility index (Phi) is 8.67. The lowest BCUT2D eigenvalue weighted by atomic mass is 10.2. The van der Waals surface area contributed by atoms with Crippen LogP contribution in [0.5, 0.6) is 0 Å². The molecule has 1 atom stereocenters. The molecule has 0 radical (unpaired) electrons. The van der Waals surface area contributed by atoms with Crippen molar-refractivity contribution in [1.82, 2.24) is 9.78 Å². The van der Waals surface area contributed by atoms with Crippen molar-refractivity contribution in [2.24, 2.45) is 0 Å². The van der Waals surface area contributed by atoms with Crippen LogP contribution in [0.25, 0.3) is 10.4 Å². The van der Waals surface area contributed by atoms with Crippen LogP contribution in [0.15, 0.2) is 67.0 Å². The number of carbonyl (C=O) groups is 1. The SMILES string of the molecule is CC.COP(=O)(Nc1cc(-c2cnn(Cc3ccccc3)c2)sc1C(=O)O)c1ccc(C)cc1C. The minimum atomic E-state index is -3.54. The first-order valence-electron chi connectivity index (χ1n) is 11.2. The number of thiophene rings is 1. The number of carboxylic acids is 1. The molecule has 0 aliphatic heterocycles. The zero-order chi connectivity index (χ0) is 25.6. The minimum absolute atomic E-state index is 0.0582. The Morgan fingerprint density at radius 3 is 2.49 bits per heavy atom. The van der Waals surface area contributed by atoms with E-state index in [1.54, 1.807) is 23.0 Å². The molecule has 35 heavy (non-hydrogen) atoms. The van der Waals surface area contributed by atoms with Crippen LogP contribution < -0.4 is 10.4 Å². The smallest absolute Gasteiger partial charge is 0.348 e. The molecule has 0 saturated carbocycles. The molecule has 0 saturated heterocycles. The van der Waals surface area contributed by atoms with Gasteiger partial charge >= 0.3 is 13.5 Å². The first-order chi connectivity index (χ1) is 16.8. The molecule has 0 bridgehead atoms. The Hall–Kier alpha value is -3.19. The number of hydrogen-bond acceptors (Lipinski definition) is 5. The summed E-state index contributed by atoms with van der Waals surface area (Å²) in [5.74, 6) is -1.10. The normalized spacial score (nSPS) is 12.4. The Morgan fingerprint density at radius 2 is 1.86 bits per heavy atom. The highest BCUT2D eigenvalue weighted by Gasteiger charge is 2.30. The van der Waals surface area contributed by atoms with Gasteiger partial charge in [-0.05, 0) is 37.1 Å². The first-order valence-corrected chi connectivity index (χ1v) is 13.7. The fourth-order valence-electron chi connectivity index (χ4n) is 3.62. The third-order valence-corrected chi connectivity index (χ3v) is 8.58. The molecule has 0 spiro atoms. The Labute approximate surface area is 209 Å². The highest BCUT2D eigenvalue weighted by molar-refractivity contribution is 7.68. The van der Waals surface area contributed by atoms with E-state index in [1.807, 2.05) is 76.4 Å². The van der Waals surface area contributed by atoms with Crippen molar-refractivity contribution in [1.29, 1.82) is 0 Å². The molecule has 184 valence electrons. The summed E-state index contributed by atoms with van der Waals surface area (Å²) in [6.07, 6.45) is 3.57. The Morgan fingerprint density at radius 1 is 1.14 bits per heavy atom. The fourth-order valence-corrected chi connectivity index (χ4v) is 6.33. The number of benzene rings is 2. The highest BCUT2D eigenvalue weighted by Crippen LogP contribution is 2.48. The predicted octanol–water partition coefficient (Wildman–Crippen LogP) is 6.58. The lowest BCUT2D eigenvalue weighted by Gasteiger charge is -2.20. The molecule has 2 aromatic carbocycles. The second kappa shape index (κ2) is 11.5. The van der Waals surface area contributed by atoms with Gasteiger partial charge in [-0.2, -0.15) is 5.10 Å². The van der Waals surface area contributed by atoms with Crippen molar-refractivity contribution >= 4 is 35.8 Å². The van der Waals surface area contributed by atoms with Crippen LogP contribution in [-0.4, -0.2) is 28.0 Å². The van der Waals surface area contributed by atoms with Crippen molar-refractivity contribution in [2.45, 2.75) is 34.2 Å². The number of aromatic carboxylic acids is 1. The van der Waals surface area contributed by atoms with Gasteiger partial charge in [-0.15, -0.1) is 11.3 Å². The largest absolute Gasteiger partial charge is 0.477 e. The van der Waals surface area contributed by atoms with E-state index in [1.165, 1.54) is 7.11 Å². The van der Waals surface area contributed by atoms with Gasteiger partial charge < -0.3 is 14.7 Å². The second-order valence-electron chi connectivity index (χ2n) is 7.71. The Balaban J connectivity index is 0.00000167. The summed E-state index contributed by atoms with van der Waals surface area (Å²) in [7, 11) is -2.19. The van der Waals surface area contributed by atoms with Gasteiger partial charge in [-0.1, -0.05) is 61.9 Å². The summed E-state index contributed by atoms with van der Waals surface area (Å²) >= 11 is 1.10. The monoisotopic (exact) mass is 511 g/mol. The maximum Gasteiger partial charge on any atom is 0.348 e. The minimum Gasteiger partial charge on any atom is -0.477 e. The number of aryl methyl sites for hydroxylation is 2. The standard InChI is InChI=1S/C24H24N3O4PS.C2H6/c1-16-9-10-21(17(2)11-16)32(30,31-3)26-20-12-22(33-23(20)24(28)29)19-13-25-27(15-19)14-18-7-5-4-6-8-18;1-2/h4-13,15H,14H2,1-3H3,(H,26,30)(H,28,29);1-2H3. The predicted molar refractivity (Wildman–Crippen MR) is 143 cm³/mol. The van der Waals surface area contributed by atoms with Crippen LogP contribution in [0.1, 0.15) is 40.2 Å². The van der Waals surface area contributed by atoms with Gasteiger partial charge in [-0.3, -0.25) is 9.25 Å². The van der Waals surface area contributed by atoms with E-state index in [2.05, 4.69) is 10.2 Å². The average molecular weight is 512 g/mol. The summed E-state index contributed by atoms with van der Waals surface area (Å²) in [6, 6.07) is 17.2. The maximum atomic E-state index is 13.7. The molecule has 2 heterocycles. The van der Waals surface area contributed by atoms with Crippen LogP contribution in [0.4, 0.5) is 5.69 Å². The quantitative estimate of drug-likeness (QED) is 0.260. The number of rotatable bonds is 8. The highest BCUT2D eigenvalue weighted by atomic mass is 32.1. The van der Waals surface area contributed by atoms with E-state index in [4.69, 9.17) is 4.52 Å². The fraction of sp³-hybridized carbons (Fsp3) is 0.231. The Bertz CT molecular complexity index is 1350. The molecule has 0 fully saturated rings. The molecule has 9 heteroatoms. The molecule has 2 N–H and O–H groups in total. The van der Waals surface area contributed by atoms with Gasteiger partial charge in [0.1, 0.15) is 4.88 Å². The molecule has 0 amide bonds. The third kappa shape index (κ3) is 6.09. The van der Waals surface area contributed by atoms with E-state index in [-0.39, 0.29) is 10.6 Å². The molecule has 0 aliphatic carbocycles. The lowest BCUT2D eigenvalue weighted by Crippen LogP contribution is -2.17.